The predicted molar refractivity (Wildman–Crippen MR) is 92.5 cm³/mol. The maximum Gasteiger partial charge on any atom is 0.316 e. The Morgan fingerprint density at radius 1 is 1.08 bits per heavy atom. The van der Waals surface area contributed by atoms with Crippen molar-refractivity contribution in [2.75, 3.05) is 17.7 Å². The van der Waals surface area contributed by atoms with Gasteiger partial charge in [0.05, 0.1) is 18.2 Å². The number of amides is 1. The monoisotopic (exact) mass is 340 g/mol. The Kier molecular flexibility index (Phi) is 6.87. The van der Waals surface area contributed by atoms with E-state index in [1.165, 1.54) is 11.8 Å². The first-order chi connectivity index (χ1) is 11.7. The summed E-state index contributed by atoms with van der Waals surface area (Å²) in [5.41, 5.74) is 1.47. The molecule has 0 heterocycles. The third-order valence-electron chi connectivity index (χ3n) is 2.99. The van der Waals surface area contributed by atoms with E-state index in [2.05, 4.69) is 11.4 Å². The van der Waals surface area contributed by atoms with E-state index < -0.39 is 11.9 Å². The van der Waals surface area contributed by atoms with E-state index in [9.17, 15) is 9.59 Å². The van der Waals surface area contributed by atoms with Gasteiger partial charge in [-0.25, -0.2) is 0 Å². The lowest BCUT2D eigenvalue weighted by atomic mass is 10.1. The highest BCUT2D eigenvalue weighted by atomic mass is 32.2. The fraction of sp³-hybridized carbons (Fsp3) is 0.167. The molecular formula is C18H16N2O3S. The first kappa shape index (κ1) is 17.6. The highest BCUT2D eigenvalue weighted by Crippen LogP contribution is 2.16. The van der Waals surface area contributed by atoms with Gasteiger partial charge >= 0.3 is 5.97 Å². The number of rotatable bonds is 7. The summed E-state index contributed by atoms with van der Waals surface area (Å²) in [5, 5.41) is 11.2. The van der Waals surface area contributed by atoms with Gasteiger partial charge in [-0.05, 0) is 29.8 Å². The van der Waals surface area contributed by atoms with E-state index in [0.29, 0.717) is 12.1 Å². The number of hydrogen-bond donors (Lipinski definition) is 1. The summed E-state index contributed by atoms with van der Waals surface area (Å²) >= 11 is 1.36. The lowest BCUT2D eigenvalue weighted by molar-refractivity contribution is -0.144. The summed E-state index contributed by atoms with van der Waals surface area (Å²) in [4.78, 5) is 24.4. The van der Waals surface area contributed by atoms with Gasteiger partial charge in [0.25, 0.3) is 5.91 Å². The van der Waals surface area contributed by atoms with Gasteiger partial charge in [-0.1, -0.05) is 30.3 Å². The predicted octanol–water partition coefficient (Wildman–Crippen LogP) is 3.03. The molecule has 0 spiro atoms. The van der Waals surface area contributed by atoms with Gasteiger partial charge in [-0.2, -0.15) is 5.26 Å². The van der Waals surface area contributed by atoms with Crippen LogP contribution in [-0.2, 0) is 20.7 Å². The summed E-state index contributed by atoms with van der Waals surface area (Å²) < 4.78 is 4.95. The fourth-order valence-electron chi connectivity index (χ4n) is 1.84. The molecule has 0 radical (unpaired) electrons. The number of nitrogens with one attached hydrogen (secondary N) is 1. The number of hydrogen-bond acceptors (Lipinski definition) is 5. The van der Waals surface area contributed by atoms with Gasteiger partial charge in [0.15, 0.2) is 6.61 Å². The molecule has 0 aromatic heterocycles. The van der Waals surface area contributed by atoms with Crippen molar-refractivity contribution in [2.24, 2.45) is 0 Å². The van der Waals surface area contributed by atoms with E-state index in [0.717, 1.165) is 10.5 Å². The number of benzene rings is 2. The van der Waals surface area contributed by atoms with E-state index in [1.807, 2.05) is 30.3 Å². The zero-order valence-corrected chi connectivity index (χ0v) is 13.7. The largest absolute Gasteiger partial charge is 0.455 e. The molecule has 1 amide bonds. The third kappa shape index (κ3) is 6.15. The number of nitriles is 1. The van der Waals surface area contributed by atoms with Crippen molar-refractivity contribution in [3.05, 3.63) is 60.2 Å². The van der Waals surface area contributed by atoms with Crippen molar-refractivity contribution in [3.8, 4) is 6.07 Å². The lowest BCUT2D eigenvalue weighted by Gasteiger charge is -2.07. The number of ether oxygens (including phenoxy) is 1. The number of esters is 1. The van der Waals surface area contributed by atoms with Crippen LogP contribution in [0.15, 0.2) is 59.5 Å². The molecule has 0 atom stereocenters. The number of carbonyl (C=O) groups is 2. The quantitative estimate of drug-likeness (QED) is 0.619. The molecule has 6 heteroatoms. The standard InChI is InChI=1S/C18H16N2O3S/c19-11-10-14-6-8-15(9-7-14)20-17(21)12-23-18(22)13-24-16-4-2-1-3-5-16/h1-9H,10,12-13H2,(H,20,21). The van der Waals surface area contributed by atoms with Crippen molar-refractivity contribution in [1.29, 1.82) is 5.26 Å². The Hall–Kier alpha value is -2.78. The molecule has 2 aromatic rings. The summed E-state index contributed by atoms with van der Waals surface area (Å²) in [6.45, 7) is -0.325. The molecule has 0 aliphatic rings. The molecule has 122 valence electrons. The Labute approximate surface area is 144 Å². The topological polar surface area (TPSA) is 79.2 Å². The molecular weight excluding hydrogens is 324 g/mol. The molecule has 1 N–H and O–H groups in total. The maximum absolute atomic E-state index is 11.8. The fourth-order valence-corrected chi connectivity index (χ4v) is 2.56. The van der Waals surface area contributed by atoms with Crippen LogP contribution in [0.3, 0.4) is 0 Å². The Balaban J connectivity index is 1.70. The van der Waals surface area contributed by atoms with Crippen molar-refractivity contribution in [2.45, 2.75) is 11.3 Å². The molecule has 24 heavy (non-hydrogen) atoms. The van der Waals surface area contributed by atoms with Gasteiger partial charge in [-0.3, -0.25) is 9.59 Å². The minimum Gasteiger partial charge on any atom is -0.455 e. The van der Waals surface area contributed by atoms with E-state index in [1.54, 1.807) is 24.3 Å². The van der Waals surface area contributed by atoms with Crippen LogP contribution >= 0.6 is 11.8 Å². The van der Waals surface area contributed by atoms with E-state index >= 15 is 0 Å². The number of carbonyl (C=O) groups excluding carboxylic acids is 2. The van der Waals surface area contributed by atoms with Crippen LogP contribution in [0.25, 0.3) is 0 Å². The summed E-state index contributed by atoms with van der Waals surface area (Å²) in [6.07, 6.45) is 0.324. The minimum atomic E-state index is -0.441. The van der Waals surface area contributed by atoms with E-state index in [-0.39, 0.29) is 12.4 Å². The van der Waals surface area contributed by atoms with Crippen molar-refractivity contribution < 1.29 is 14.3 Å². The highest BCUT2D eigenvalue weighted by Gasteiger charge is 2.08. The minimum absolute atomic E-state index is 0.153. The second kappa shape index (κ2) is 9.38. The summed E-state index contributed by atoms with van der Waals surface area (Å²) in [6, 6.07) is 18.5. The molecule has 0 saturated carbocycles. The first-order valence-corrected chi connectivity index (χ1v) is 8.25. The van der Waals surface area contributed by atoms with Gasteiger partial charge in [-0.15, -0.1) is 11.8 Å². The maximum atomic E-state index is 11.8. The van der Waals surface area contributed by atoms with Crippen LogP contribution in [0.1, 0.15) is 5.56 Å². The molecule has 2 aromatic carbocycles. The van der Waals surface area contributed by atoms with Crippen LogP contribution < -0.4 is 5.32 Å². The Morgan fingerprint density at radius 3 is 2.46 bits per heavy atom. The molecule has 0 aliphatic carbocycles. The van der Waals surface area contributed by atoms with Gasteiger partial charge in [0.1, 0.15) is 0 Å². The molecule has 0 fully saturated rings. The Morgan fingerprint density at radius 2 is 1.79 bits per heavy atom. The average Bonchev–Trinajstić information content (AvgIpc) is 2.61. The highest BCUT2D eigenvalue weighted by molar-refractivity contribution is 8.00. The summed E-state index contributed by atoms with van der Waals surface area (Å²) in [7, 11) is 0. The van der Waals surface area contributed by atoms with Crippen LogP contribution in [-0.4, -0.2) is 24.2 Å². The molecule has 0 saturated heterocycles. The normalized spacial score (nSPS) is 9.79. The number of anilines is 1. The summed E-state index contributed by atoms with van der Waals surface area (Å²) in [5.74, 6) is -0.690. The zero-order chi connectivity index (χ0) is 17.2. The van der Waals surface area contributed by atoms with Gasteiger partial charge < -0.3 is 10.1 Å². The van der Waals surface area contributed by atoms with Crippen molar-refractivity contribution in [3.63, 3.8) is 0 Å². The van der Waals surface area contributed by atoms with Crippen LogP contribution in [0.2, 0.25) is 0 Å². The smallest absolute Gasteiger partial charge is 0.316 e. The SMILES string of the molecule is N#CCc1ccc(NC(=O)COC(=O)CSc2ccccc2)cc1. The van der Waals surface area contributed by atoms with Gasteiger partial charge in [0, 0.05) is 10.6 Å². The van der Waals surface area contributed by atoms with E-state index in [4.69, 9.17) is 10.00 Å². The number of thioether (sulfide) groups is 1. The lowest BCUT2D eigenvalue weighted by Crippen LogP contribution is -2.21. The van der Waals surface area contributed by atoms with Crippen LogP contribution in [0.4, 0.5) is 5.69 Å². The van der Waals surface area contributed by atoms with Crippen molar-refractivity contribution >= 4 is 29.3 Å². The molecule has 0 aliphatic heterocycles. The molecule has 0 bridgehead atoms. The second-order valence-corrected chi connectivity index (χ2v) is 5.89. The second-order valence-electron chi connectivity index (χ2n) is 4.84. The Bertz CT molecular complexity index is 724. The molecule has 2 rings (SSSR count). The average molecular weight is 340 g/mol. The van der Waals surface area contributed by atoms with Crippen molar-refractivity contribution in [1.82, 2.24) is 0 Å². The zero-order valence-electron chi connectivity index (χ0n) is 12.9. The van der Waals surface area contributed by atoms with Crippen LogP contribution in [0, 0.1) is 11.3 Å². The number of nitrogens with zero attached hydrogens (tertiary/aromatic N) is 1. The third-order valence-corrected chi connectivity index (χ3v) is 3.97. The molecule has 0 unspecified atom stereocenters. The van der Waals surface area contributed by atoms with Crippen LogP contribution in [0.5, 0.6) is 0 Å². The first-order valence-electron chi connectivity index (χ1n) is 7.26. The molecule has 5 nitrogen and oxygen atoms in total. The van der Waals surface area contributed by atoms with Gasteiger partial charge in [0.2, 0.25) is 0 Å².